The smallest absolute Gasteiger partial charge is 0.407 e. The van der Waals surface area contributed by atoms with Crippen molar-refractivity contribution >= 4 is 23.2 Å². The zero-order valence-corrected chi connectivity index (χ0v) is 18.5. The summed E-state index contributed by atoms with van der Waals surface area (Å²) in [5.41, 5.74) is 3.22. The van der Waals surface area contributed by atoms with Crippen molar-refractivity contribution in [3.63, 3.8) is 0 Å². The molecule has 3 N–H and O–H groups in total. The highest BCUT2D eigenvalue weighted by molar-refractivity contribution is 5.75. The molecule has 12 heteroatoms. The Hall–Kier alpha value is -3.93. The molecule has 0 spiro atoms. The van der Waals surface area contributed by atoms with Gasteiger partial charge in [0.05, 0.1) is 36.6 Å². The number of H-pyrrole nitrogens is 1. The minimum atomic E-state index is -0.435. The molecule has 172 valence electrons. The van der Waals surface area contributed by atoms with Crippen LogP contribution in [-0.2, 0) is 16.5 Å². The number of carbonyl (C=O) groups excluding carboxylic acids is 1. The number of carbonyl (C=O) groups is 1. The second-order valence-corrected chi connectivity index (χ2v) is 8.26. The first kappa shape index (κ1) is 20.9. The number of nitrogens with one attached hydrogen (secondary N) is 3. The first-order valence-corrected chi connectivity index (χ1v) is 10.7. The van der Waals surface area contributed by atoms with Gasteiger partial charge in [0.1, 0.15) is 17.7 Å². The van der Waals surface area contributed by atoms with Gasteiger partial charge in [-0.15, -0.1) is 0 Å². The van der Waals surface area contributed by atoms with Gasteiger partial charge in [-0.05, 0) is 19.9 Å². The number of aromatic amines is 1. The largest absolute Gasteiger partial charge is 0.444 e. The van der Waals surface area contributed by atoms with Gasteiger partial charge < -0.3 is 20.1 Å². The van der Waals surface area contributed by atoms with Crippen LogP contribution in [-0.4, -0.2) is 59.4 Å². The predicted octanol–water partition coefficient (Wildman–Crippen LogP) is 2.56. The fourth-order valence-electron chi connectivity index (χ4n) is 3.72. The first-order chi connectivity index (χ1) is 15.9. The van der Waals surface area contributed by atoms with Crippen molar-refractivity contribution in [2.45, 2.75) is 38.5 Å². The van der Waals surface area contributed by atoms with E-state index in [2.05, 4.69) is 31.0 Å². The number of aromatic nitrogens is 7. The highest BCUT2D eigenvalue weighted by Crippen LogP contribution is 2.31. The fraction of sp³-hybridized carbons (Fsp3) is 0.381. The zero-order valence-electron chi connectivity index (χ0n) is 18.5. The Labute approximate surface area is 189 Å². The van der Waals surface area contributed by atoms with Crippen molar-refractivity contribution in [1.82, 2.24) is 39.9 Å². The maximum absolute atomic E-state index is 11.8. The summed E-state index contributed by atoms with van der Waals surface area (Å²) in [5, 5.41) is 21.9. The van der Waals surface area contributed by atoms with Crippen molar-refractivity contribution in [2.75, 3.05) is 11.9 Å². The summed E-state index contributed by atoms with van der Waals surface area (Å²) in [6.07, 6.45) is 6.79. The van der Waals surface area contributed by atoms with Gasteiger partial charge in [0, 0.05) is 37.3 Å². The van der Waals surface area contributed by atoms with E-state index in [1.165, 1.54) is 0 Å². The second kappa shape index (κ2) is 8.54. The third-order valence-electron chi connectivity index (χ3n) is 5.22. The van der Waals surface area contributed by atoms with Gasteiger partial charge in [0.15, 0.2) is 11.6 Å². The Morgan fingerprint density at radius 2 is 2.21 bits per heavy atom. The van der Waals surface area contributed by atoms with Crippen molar-refractivity contribution in [1.29, 1.82) is 0 Å². The number of fused-ring (bicyclic) bond motifs is 1. The van der Waals surface area contributed by atoms with Crippen LogP contribution < -0.4 is 10.6 Å². The number of ether oxygens (including phenoxy) is 2. The van der Waals surface area contributed by atoms with E-state index >= 15 is 0 Å². The van der Waals surface area contributed by atoms with Crippen LogP contribution >= 0.6 is 0 Å². The maximum atomic E-state index is 11.8. The van der Waals surface area contributed by atoms with Gasteiger partial charge in [-0.3, -0.25) is 9.78 Å². The van der Waals surface area contributed by atoms with Crippen LogP contribution in [0.15, 0.2) is 36.9 Å². The standard InChI is InChI=1S/C21H25N9O3/c1-12(2)24-21(31)33-14-6-18(32-11-14)15-7-19(28-27-15)26-20-17-4-5-22-30(17)10-16(25-20)13-8-23-29(3)9-13/h4-5,7-10,12,14,18H,6,11H2,1-3H3,(H,24,31)(H2,25,26,27,28). The lowest BCUT2D eigenvalue weighted by molar-refractivity contribution is 0.0682. The quantitative estimate of drug-likeness (QED) is 0.407. The van der Waals surface area contributed by atoms with Gasteiger partial charge in [-0.2, -0.15) is 15.3 Å². The SMILES string of the molecule is CC(C)NC(=O)OC1COC(c2cc(Nc3nc(-c4cnn(C)c4)cn4nccc34)n[nH]2)C1. The lowest BCUT2D eigenvalue weighted by atomic mass is 10.1. The topological polar surface area (TPSA) is 136 Å². The highest BCUT2D eigenvalue weighted by Gasteiger charge is 2.31. The van der Waals surface area contributed by atoms with Crippen LogP contribution in [0, 0.1) is 0 Å². The Bertz CT molecular complexity index is 1270. The molecule has 0 radical (unpaired) electrons. The summed E-state index contributed by atoms with van der Waals surface area (Å²) in [5.74, 6) is 1.21. The van der Waals surface area contributed by atoms with E-state index < -0.39 is 6.09 Å². The van der Waals surface area contributed by atoms with E-state index in [0.717, 1.165) is 22.5 Å². The Balaban J connectivity index is 1.30. The van der Waals surface area contributed by atoms with E-state index in [1.807, 2.05) is 45.4 Å². The number of rotatable bonds is 6. The number of anilines is 2. The molecule has 0 aliphatic carbocycles. The zero-order chi connectivity index (χ0) is 22.9. The monoisotopic (exact) mass is 451 g/mol. The number of nitrogens with zero attached hydrogens (tertiary/aromatic N) is 6. The average Bonchev–Trinajstić information content (AvgIpc) is 3.54. The summed E-state index contributed by atoms with van der Waals surface area (Å²) in [4.78, 5) is 16.6. The Kier molecular flexibility index (Phi) is 5.42. The third-order valence-corrected chi connectivity index (χ3v) is 5.22. The van der Waals surface area contributed by atoms with Crippen LogP contribution in [0.3, 0.4) is 0 Å². The Morgan fingerprint density at radius 3 is 3.00 bits per heavy atom. The molecule has 5 rings (SSSR count). The van der Waals surface area contributed by atoms with Crippen LogP contribution in [0.5, 0.6) is 0 Å². The normalized spacial score (nSPS) is 18.2. The summed E-state index contributed by atoms with van der Waals surface area (Å²) in [6.45, 7) is 4.10. The van der Waals surface area contributed by atoms with Crippen molar-refractivity contribution in [3.8, 4) is 11.3 Å². The molecule has 0 saturated carbocycles. The summed E-state index contributed by atoms with van der Waals surface area (Å²) in [6, 6.07) is 3.76. The van der Waals surface area contributed by atoms with Crippen LogP contribution in [0.1, 0.15) is 32.1 Å². The minimum Gasteiger partial charge on any atom is -0.444 e. The minimum absolute atomic E-state index is 0.0179. The molecule has 1 aliphatic heterocycles. The lowest BCUT2D eigenvalue weighted by Crippen LogP contribution is -2.33. The molecule has 4 aromatic rings. The van der Waals surface area contributed by atoms with Gasteiger partial charge >= 0.3 is 6.09 Å². The van der Waals surface area contributed by atoms with E-state index in [0.29, 0.717) is 24.7 Å². The fourth-order valence-corrected chi connectivity index (χ4v) is 3.72. The molecule has 1 fully saturated rings. The highest BCUT2D eigenvalue weighted by atomic mass is 16.6. The summed E-state index contributed by atoms with van der Waals surface area (Å²) < 4.78 is 14.7. The Morgan fingerprint density at radius 1 is 1.33 bits per heavy atom. The molecule has 4 aromatic heterocycles. The van der Waals surface area contributed by atoms with Crippen molar-refractivity contribution in [2.24, 2.45) is 7.05 Å². The van der Waals surface area contributed by atoms with E-state index in [-0.39, 0.29) is 18.2 Å². The average molecular weight is 451 g/mol. The van der Waals surface area contributed by atoms with Gasteiger partial charge in [0.25, 0.3) is 0 Å². The lowest BCUT2D eigenvalue weighted by Gasteiger charge is -2.13. The molecule has 2 atom stereocenters. The molecule has 1 saturated heterocycles. The summed E-state index contributed by atoms with van der Waals surface area (Å²) >= 11 is 0. The molecule has 0 bridgehead atoms. The molecule has 1 aliphatic rings. The number of amides is 1. The molecule has 12 nitrogen and oxygen atoms in total. The molecular formula is C21H25N9O3. The second-order valence-electron chi connectivity index (χ2n) is 8.26. The van der Waals surface area contributed by atoms with E-state index in [1.54, 1.807) is 21.6 Å². The first-order valence-electron chi connectivity index (χ1n) is 10.7. The van der Waals surface area contributed by atoms with Gasteiger partial charge in [0.2, 0.25) is 0 Å². The molecule has 2 unspecified atom stereocenters. The van der Waals surface area contributed by atoms with Crippen LogP contribution in [0.25, 0.3) is 16.8 Å². The predicted molar refractivity (Wildman–Crippen MR) is 119 cm³/mol. The molecular weight excluding hydrogens is 426 g/mol. The number of aryl methyl sites for hydroxylation is 1. The number of hydrogen-bond acceptors (Lipinski definition) is 8. The third kappa shape index (κ3) is 4.51. The van der Waals surface area contributed by atoms with Crippen molar-refractivity contribution in [3.05, 3.63) is 42.6 Å². The van der Waals surface area contributed by atoms with Gasteiger partial charge in [-0.25, -0.2) is 14.3 Å². The summed E-state index contributed by atoms with van der Waals surface area (Å²) in [7, 11) is 1.86. The molecule has 33 heavy (non-hydrogen) atoms. The molecule has 1 amide bonds. The molecule has 5 heterocycles. The molecule has 0 aromatic carbocycles. The van der Waals surface area contributed by atoms with Crippen molar-refractivity contribution < 1.29 is 14.3 Å². The maximum Gasteiger partial charge on any atom is 0.407 e. The number of alkyl carbamates (subject to hydrolysis) is 1. The van der Waals surface area contributed by atoms with E-state index in [4.69, 9.17) is 14.5 Å². The van der Waals surface area contributed by atoms with E-state index in [9.17, 15) is 4.79 Å². The van der Waals surface area contributed by atoms with Gasteiger partial charge in [-0.1, -0.05) is 0 Å². The van der Waals surface area contributed by atoms with Crippen LogP contribution in [0.4, 0.5) is 16.4 Å². The van der Waals surface area contributed by atoms with Crippen LogP contribution in [0.2, 0.25) is 0 Å². The number of hydrogen-bond donors (Lipinski definition) is 3.